The van der Waals surface area contributed by atoms with Gasteiger partial charge in [-0.3, -0.25) is 10.1 Å². The van der Waals surface area contributed by atoms with Gasteiger partial charge in [0.15, 0.2) is 6.10 Å². The van der Waals surface area contributed by atoms with Crippen LogP contribution in [0.4, 0.5) is 10.5 Å². The molecular formula is C19H28N2O8. The van der Waals surface area contributed by atoms with E-state index in [-0.39, 0.29) is 18.7 Å². The second-order valence-electron chi connectivity index (χ2n) is 7.52. The molecule has 0 radical (unpaired) electrons. The molecule has 1 aromatic carbocycles. The van der Waals surface area contributed by atoms with E-state index in [1.807, 2.05) is 0 Å². The molecule has 0 aliphatic heterocycles. The van der Waals surface area contributed by atoms with Gasteiger partial charge in [-0.1, -0.05) is 0 Å². The van der Waals surface area contributed by atoms with Crippen molar-refractivity contribution < 1.29 is 33.8 Å². The number of hydrogen-bond acceptors (Lipinski definition) is 8. The fourth-order valence-electron chi connectivity index (χ4n) is 2.60. The number of aryl methyl sites for hydroxylation is 2. The Labute approximate surface area is 169 Å². The highest BCUT2D eigenvalue weighted by Crippen LogP contribution is 2.28. The largest absolute Gasteiger partial charge is 0.493 e. The molecule has 0 unspecified atom stereocenters. The summed E-state index contributed by atoms with van der Waals surface area (Å²) in [4.78, 5) is 34.2. The Morgan fingerprint density at radius 1 is 1.24 bits per heavy atom. The SMILES string of the molecule is COC(=O)[C@@H](O)[C@@H](CCOc1c(C)cc([N+](=O)[O-])cc1C)NC(=O)OC(C)(C)C. The van der Waals surface area contributed by atoms with Crippen LogP contribution in [0.25, 0.3) is 0 Å². The number of hydrogen-bond donors (Lipinski definition) is 2. The van der Waals surface area contributed by atoms with Gasteiger partial charge < -0.3 is 24.6 Å². The third kappa shape index (κ3) is 7.57. The van der Waals surface area contributed by atoms with E-state index >= 15 is 0 Å². The van der Waals surface area contributed by atoms with Gasteiger partial charge in [-0.15, -0.1) is 0 Å². The summed E-state index contributed by atoms with van der Waals surface area (Å²) < 4.78 is 15.4. The average molecular weight is 412 g/mol. The highest BCUT2D eigenvalue weighted by Gasteiger charge is 2.30. The maximum absolute atomic E-state index is 12.0. The number of methoxy groups -OCH3 is 1. The zero-order valence-corrected chi connectivity index (χ0v) is 17.5. The molecule has 0 saturated carbocycles. The summed E-state index contributed by atoms with van der Waals surface area (Å²) >= 11 is 0. The molecule has 2 atom stereocenters. The maximum atomic E-state index is 12.0. The minimum atomic E-state index is -1.62. The van der Waals surface area contributed by atoms with Crippen LogP contribution in [0.1, 0.15) is 38.3 Å². The predicted molar refractivity (Wildman–Crippen MR) is 104 cm³/mol. The number of alkyl carbamates (subject to hydrolysis) is 1. The van der Waals surface area contributed by atoms with Gasteiger partial charge in [0.25, 0.3) is 5.69 Å². The van der Waals surface area contributed by atoms with Crippen LogP contribution in [-0.2, 0) is 14.3 Å². The molecule has 162 valence electrons. The van der Waals surface area contributed by atoms with Gasteiger partial charge in [0.2, 0.25) is 0 Å². The van der Waals surface area contributed by atoms with Crippen LogP contribution in [0, 0.1) is 24.0 Å². The van der Waals surface area contributed by atoms with Gasteiger partial charge in [-0.25, -0.2) is 9.59 Å². The van der Waals surface area contributed by atoms with Crippen LogP contribution in [0.15, 0.2) is 12.1 Å². The molecule has 0 spiro atoms. The number of benzene rings is 1. The second kappa shape index (κ2) is 10.1. The van der Waals surface area contributed by atoms with Crippen molar-refractivity contribution in [2.24, 2.45) is 0 Å². The smallest absolute Gasteiger partial charge is 0.407 e. The van der Waals surface area contributed by atoms with Crippen molar-refractivity contribution in [3.63, 3.8) is 0 Å². The van der Waals surface area contributed by atoms with E-state index in [4.69, 9.17) is 9.47 Å². The molecule has 10 nitrogen and oxygen atoms in total. The van der Waals surface area contributed by atoms with Crippen LogP contribution in [0.3, 0.4) is 0 Å². The normalized spacial score (nSPS) is 13.2. The van der Waals surface area contributed by atoms with E-state index in [2.05, 4.69) is 10.1 Å². The summed E-state index contributed by atoms with van der Waals surface area (Å²) in [5.74, 6) is -0.451. The lowest BCUT2D eigenvalue weighted by atomic mass is 10.1. The number of nitro groups is 1. The maximum Gasteiger partial charge on any atom is 0.407 e. The van der Waals surface area contributed by atoms with Crippen LogP contribution in [-0.4, -0.2) is 53.6 Å². The minimum absolute atomic E-state index is 0.0218. The Bertz CT molecular complexity index is 734. The molecular weight excluding hydrogens is 384 g/mol. The zero-order chi connectivity index (χ0) is 22.4. The molecule has 0 heterocycles. The summed E-state index contributed by atoms with van der Waals surface area (Å²) in [6.45, 7) is 8.42. The Morgan fingerprint density at radius 3 is 2.24 bits per heavy atom. The van der Waals surface area contributed by atoms with E-state index in [0.717, 1.165) is 7.11 Å². The van der Waals surface area contributed by atoms with Crippen LogP contribution < -0.4 is 10.1 Å². The summed E-state index contributed by atoms with van der Waals surface area (Å²) in [5.41, 5.74) is 0.343. The lowest BCUT2D eigenvalue weighted by molar-refractivity contribution is -0.385. The zero-order valence-electron chi connectivity index (χ0n) is 17.5. The predicted octanol–water partition coefficient (Wildman–Crippen LogP) is 2.41. The van der Waals surface area contributed by atoms with Crippen LogP contribution >= 0.6 is 0 Å². The molecule has 0 aliphatic carbocycles. The van der Waals surface area contributed by atoms with Crippen LogP contribution in [0.5, 0.6) is 5.75 Å². The van der Waals surface area contributed by atoms with Crippen molar-refractivity contribution in [1.82, 2.24) is 5.32 Å². The molecule has 0 aromatic heterocycles. The number of carbonyl (C=O) groups excluding carboxylic acids is 2. The Morgan fingerprint density at radius 2 is 1.79 bits per heavy atom. The van der Waals surface area contributed by atoms with Crippen molar-refractivity contribution >= 4 is 17.7 Å². The minimum Gasteiger partial charge on any atom is -0.493 e. The Hall–Kier alpha value is -2.88. The second-order valence-corrected chi connectivity index (χ2v) is 7.52. The molecule has 0 saturated heterocycles. The standard InChI is InChI=1S/C19H28N2O8/c1-11-9-13(21(25)26)10-12(2)16(11)28-8-7-14(15(22)17(23)27-6)20-18(24)29-19(3,4)5/h9-10,14-15,22H,7-8H2,1-6H3,(H,20,24)/t14-,15+/m1/s1. The van der Waals surface area contributed by atoms with E-state index in [1.165, 1.54) is 12.1 Å². The highest BCUT2D eigenvalue weighted by molar-refractivity contribution is 5.77. The van der Waals surface area contributed by atoms with Gasteiger partial charge in [0, 0.05) is 18.6 Å². The molecule has 0 fully saturated rings. The van der Waals surface area contributed by atoms with Gasteiger partial charge in [-0.05, 0) is 45.7 Å². The number of aliphatic hydroxyl groups is 1. The number of carbonyl (C=O) groups is 2. The van der Waals surface area contributed by atoms with Crippen molar-refractivity contribution in [2.75, 3.05) is 13.7 Å². The summed E-state index contributed by atoms with van der Waals surface area (Å²) in [5, 5.41) is 23.5. The first-order valence-electron chi connectivity index (χ1n) is 8.99. The molecule has 1 amide bonds. The van der Waals surface area contributed by atoms with Gasteiger partial charge in [0.05, 0.1) is 24.7 Å². The first-order valence-corrected chi connectivity index (χ1v) is 8.99. The first kappa shape index (κ1) is 24.2. The molecule has 29 heavy (non-hydrogen) atoms. The quantitative estimate of drug-likeness (QED) is 0.377. The lowest BCUT2D eigenvalue weighted by Crippen LogP contribution is -2.49. The number of aliphatic hydroxyl groups excluding tert-OH is 1. The fraction of sp³-hybridized carbons (Fsp3) is 0.579. The van der Waals surface area contributed by atoms with E-state index in [1.54, 1.807) is 34.6 Å². The summed E-state index contributed by atoms with van der Waals surface area (Å²) in [6, 6.07) is 1.76. The first-order chi connectivity index (χ1) is 13.4. The number of nitro benzene ring substituents is 1. The number of amides is 1. The van der Waals surface area contributed by atoms with Crippen LogP contribution in [0.2, 0.25) is 0 Å². The number of nitrogens with one attached hydrogen (secondary N) is 1. The summed E-state index contributed by atoms with van der Waals surface area (Å²) in [6.07, 6.45) is -2.35. The Kier molecular flexibility index (Phi) is 8.38. The summed E-state index contributed by atoms with van der Waals surface area (Å²) in [7, 11) is 1.12. The third-order valence-corrected chi connectivity index (χ3v) is 3.86. The van der Waals surface area contributed by atoms with E-state index < -0.39 is 34.7 Å². The van der Waals surface area contributed by atoms with Gasteiger partial charge in [0.1, 0.15) is 11.4 Å². The molecule has 1 rings (SSSR count). The molecule has 1 aromatic rings. The number of rotatable bonds is 8. The van der Waals surface area contributed by atoms with Gasteiger partial charge in [-0.2, -0.15) is 0 Å². The molecule has 10 heteroatoms. The number of esters is 1. The van der Waals surface area contributed by atoms with Gasteiger partial charge >= 0.3 is 12.1 Å². The lowest BCUT2D eigenvalue weighted by Gasteiger charge is -2.25. The van der Waals surface area contributed by atoms with Crippen molar-refractivity contribution in [2.45, 2.75) is 58.8 Å². The number of nitrogens with zero attached hydrogens (tertiary/aromatic N) is 1. The Balaban J connectivity index is 2.86. The number of non-ortho nitro benzene ring substituents is 1. The van der Waals surface area contributed by atoms with E-state index in [0.29, 0.717) is 16.9 Å². The molecule has 0 bridgehead atoms. The van der Waals surface area contributed by atoms with Crippen molar-refractivity contribution in [3.8, 4) is 5.75 Å². The van der Waals surface area contributed by atoms with E-state index in [9.17, 15) is 24.8 Å². The number of ether oxygens (including phenoxy) is 3. The van der Waals surface area contributed by atoms with Crippen molar-refractivity contribution in [1.29, 1.82) is 0 Å². The topological polar surface area (TPSA) is 137 Å². The highest BCUT2D eigenvalue weighted by atomic mass is 16.6. The third-order valence-electron chi connectivity index (χ3n) is 3.86. The van der Waals surface area contributed by atoms with Crippen molar-refractivity contribution in [3.05, 3.63) is 33.4 Å². The fourth-order valence-corrected chi connectivity index (χ4v) is 2.60. The molecule has 2 N–H and O–H groups in total. The monoisotopic (exact) mass is 412 g/mol. The molecule has 0 aliphatic rings. The average Bonchev–Trinajstić information content (AvgIpc) is 2.59.